The molecule has 4 aromatic rings. The fraction of sp³-hybridized carbons (Fsp3) is 0.222. The van der Waals surface area contributed by atoms with Crippen LogP contribution in [0.5, 0.6) is 5.75 Å². The third-order valence-corrected chi connectivity index (χ3v) is 9.13. The summed E-state index contributed by atoms with van der Waals surface area (Å²) in [6.45, 7) is 1.99. The lowest BCUT2D eigenvalue weighted by atomic mass is 9.66. The number of hydrogen-bond acceptors (Lipinski definition) is 7. The first kappa shape index (κ1) is 26.6. The first-order valence-electron chi connectivity index (χ1n) is 14.2. The first-order valence-corrected chi connectivity index (χ1v) is 14.2. The van der Waals surface area contributed by atoms with E-state index in [9.17, 15) is 15.3 Å². The van der Waals surface area contributed by atoms with Crippen LogP contribution in [-0.2, 0) is 4.84 Å². The molecule has 0 amide bonds. The standard InChI is InChI=1S/C36H28N4O3/c1-22-12-14-23(15-13-22)30-32(33(41)25-8-4-3-5-9-25)40-34(36(30,20-37)21-38)28-11-7-6-10-27(28)29-31(39-43-35(29)40)24-16-18-26(42-2)19-17-24/h3-19,29-30,32,34-35H,1-2H3/t29-,30+,32-,34-,35+/m1/s1. The molecule has 3 aliphatic heterocycles. The molecule has 5 atom stereocenters. The quantitative estimate of drug-likeness (QED) is 0.264. The highest BCUT2D eigenvalue weighted by molar-refractivity contribution is 6.07. The van der Waals surface area contributed by atoms with Gasteiger partial charge in [-0.3, -0.25) is 4.79 Å². The zero-order valence-corrected chi connectivity index (χ0v) is 23.7. The molecule has 7 rings (SSSR count). The van der Waals surface area contributed by atoms with Crippen LogP contribution < -0.4 is 4.74 Å². The highest BCUT2D eigenvalue weighted by atomic mass is 16.7. The van der Waals surface area contributed by atoms with E-state index in [0.29, 0.717) is 5.56 Å². The maximum absolute atomic E-state index is 14.6. The van der Waals surface area contributed by atoms with E-state index in [1.807, 2.05) is 103 Å². The van der Waals surface area contributed by atoms with Gasteiger partial charge in [0.2, 0.25) is 0 Å². The van der Waals surface area contributed by atoms with E-state index in [4.69, 9.17) is 9.57 Å². The van der Waals surface area contributed by atoms with Gasteiger partial charge in [0.25, 0.3) is 0 Å². The second kappa shape index (κ2) is 10.2. The van der Waals surface area contributed by atoms with Gasteiger partial charge in [0.1, 0.15) is 5.75 Å². The van der Waals surface area contributed by atoms with Crippen LogP contribution in [0.15, 0.2) is 108 Å². The van der Waals surface area contributed by atoms with E-state index in [2.05, 4.69) is 17.3 Å². The number of hydrogen-bond donors (Lipinski definition) is 0. The van der Waals surface area contributed by atoms with Crippen molar-refractivity contribution in [2.45, 2.75) is 37.1 Å². The summed E-state index contributed by atoms with van der Waals surface area (Å²) in [5, 5.41) is 26.5. The third-order valence-electron chi connectivity index (χ3n) is 9.13. The van der Waals surface area contributed by atoms with Crippen LogP contribution in [-0.4, -0.2) is 35.8 Å². The van der Waals surface area contributed by atoms with Gasteiger partial charge in [-0.05, 0) is 47.9 Å². The third kappa shape index (κ3) is 3.90. The Morgan fingerprint density at radius 3 is 2.19 bits per heavy atom. The Morgan fingerprint density at radius 2 is 1.53 bits per heavy atom. The Balaban J connectivity index is 1.47. The van der Waals surface area contributed by atoms with Crippen molar-refractivity contribution in [1.82, 2.24) is 4.90 Å². The molecule has 210 valence electrons. The minimum absolute atomic E-state index is 0.164. The number of nitrogens with zero attached hydrogens (tertiary/aromatic N) is 4. The number of carbonyl (C=O) groups excluding carboxylic acids is 1. The Labute approximate surface area is 250 Å². The molecule has 0 aromatic heterocycles. The molecular formula is C36H28N4O3. The lowest BCUT2D eigenvalue weighted by Crippen LogP contribution is -2.51. The lowest BCUT2D eigenvalue weighted by Gasteiger charge is -2.42. The number of oxime groups is 1. The summed E-state index contributed by atoms with van der Waals surface area (Å²) in [6, 6.07) is 35.7. The Hall–Kier alpha value is -5.24. The van der Waals surface area contributed by atoms with Gasteiger partial charge in [0.05, 0.1) is 43.0 Å². The summed E-state index contributed by atoms with van der Waals surface area (Å²) in [5.41, 5.74) is 4.10. The lowest BCUT2D eigenvalue weighted by molar-refractivity contribution is -0.0784. The number of aryl methyl sites for hydroxylation is 1. The predicted molar refractivity (Wildman–Crippen MR) is 160 cm³/mol. The SMILES string of the molecule is COc1ccc(C2=NO[C@H]3[C@@H]2c2ccccc2[C@H]2N3[C@@H](C(=O)c3ccccc3)[C@H](c3ccc(C)cc3)C2(C#N)C#N)cc1. The Kier molecular flexibility index (Phi) is 6.34. The largest absolute Gasteiger partial charge is 0.497 e. The van der Waals surface area contributed by atoms with Crippen molar-refractivity contribution < 1.29 is 14.4 Å². The molecule has 0 N–H and O–H groups in total. The van der Waals surface area contributed by atoms with Gasteiger partial charge in [-0.15, -0.1) is 0 Å². The fourth-order valence-corrected chi connectivity index (χ4v) is 7.19. The molecule has 0 aliphatic carbocycles. The van der Waals surface area contributed by atoms with Crippen LogP contribution >= 0.6 is 0 Å². The number of ether oxygens (including phenoxy) is 1. The van der Waals surface area contributed by atoms with Crippen LogP contribution in [0.1, 0.15) is 56.1 Å². The average molecular weight is 565 g/mol. The summed E-state index contributed by atoms with van der Waals surface area (Å²) >= 11 is 0. The maximum Gasteiger partial charge on any atom is 0.195 e. The molecule has 7 nitrogen and oxygen atoms in total. The molecule has 43 heavy (non-hydrogen) atoms. The topological polar surface area (TPSA) is 98.7 Å². The second-order valence-corrected chi connectivity index (χ2v) is 11.3. The van der Waals surface area contributed by atoms with E-state index in [1.165, 1.54) is 0 Å². The Bertz CT molecular complexity index is 1810. The Morgan fingerprint density at radius 1 is 0.884 bits per heavy atom. The van der Waals surface area contributed by atoms with Gasteiger partial charge in [-0.1, -0.05) is 89.6 Å². The van der Waals surface area contributed by atoms with Crippen LogP contribution in [0.25, 0.3) is 0 Å². The summed E-state index contributed by atoms with van der Waals surface area (Å²) in [6.07, 6.45) is -0.703. The van der Waals surface area contributed by atoms with E-state index in [1.54, 1.807) is 19.2 Å². The summed E-state index contributed by atoms with van der Waals surface area (Å²) < 4.78 is 5.36. The zero-order chi connectivity index (χ0) is 29.7. The normalized spacial score (nSPS) is 24.7. The molecule has 7 heteroatoms. The number of carbonyl (C=O) groups is 1. The number of methoxy groups -OCH3 is 1. The molecule has 0 radical (unpaired) electrons. The molecule has 0 spiro atoms. The molecule has 3 heterocycles. The highest BCUT2D eigenvalue weighted by Crippen LogP contribution is 2.63. The fourth-order valence-electron chi connectivity index (χ4n) is 7.19. The molecule has 0 saturated carbocycles. The number of ketones is 1. The van der Waals surface area contributed by atoms with Gasteiger partial charge in [-0.2, -0.15) is 10.5 Å². The van der Waals surface area contributed by atoms with Gasteiger partial charge < -0.3 is 9.57 Å². The average Bonchev–Trinajstić information content (AvgIpc) is 3.64. The van der Waals surface area contributed by atoms with Crippen molar-refractivity contribution in [3.05, 3.63) is 137 Å². The van der Waals surface area contributed by atoms with Crippen molar-refractivity contribution in [2.24, 2.45) is 10.6 Å². The molecule has 4 aromatic carbocycles. The maximum atomic E-state index is 14.6. The van der Waals surface area contributed by atoms with E-state index in [-0.39, 0.29) is 11.7 Å². The van der Waals surface area contributed by atoms with Crippen LogP contribution in [0.4, 0.5) is 0 Å². The number of nitriles is 2. The van der Waals surface area contributed by atoms with Gasteiger partial charge in [0.15, 0.2) is 17.4 Å². The predicted octanol–water partition coefficient (Wildman–Crippen LogP) is 6.29. The van der Waals surface area contributed by atoms with E-state index >= 15 is 0 Å². The van der Waals surface area contributed by atoms with Crippen molar-refractivity contribution in [3.63, 3.8) is 0 Å². The van der Waals surface area contributed by atoms with Crippen LogP contribution in [0.3, 0.4) is 0 Å². The minimum atomic E-state index is -1.59. The molecule has 1 saturated heterocycles. The van der Waals surface area contributed by atoms with E-state index < -0.39 is 29.6 Å². The first-order chi connectivity index (χ1) is 21.0. The van der Waals surface area contributed by atoms with Gasteiger partial charge in [0, 0.05) is 17.0 Å². The smallest absolute Gasteiger partial charge is 0.195 e. The van der Waals surface area contributed by atoms with Crippen molar-refractivity contribution in [1.29, 1.82) is 10.5 Å². The van der Waals surface area contributed by atoms with Crippen LogP contribution in [0.2, 0.25) is 0 Å². The second-order valence-electron chi connectivity index (χ2n) is 11.3. The van der Waals surface area contributed by atoms with Crippen molar-refractivity contribution in [3.8, 4) is 17.9 Å². The number of fused-ring (bicyclic) bond motifs is 6. The monoisotopic (exact) mass is 564 g/mol. The number of Topliss-reactive ketones (excluding diaryl/α,β-unsaturated/α-hetero) is 1. The number of rotatable bonds is 5. The zero-order valence-electron chi connectivity index (χ0n) is 23.7. The highest BCUT2D eigenvalue weighted by Gasteiger charge is 2.69. The minimum Gasteiger partial charge on any atom is -0.497 e. The number of benzene rings is 4. The summed E-state index contributed by atoms with van der Waals surface area (Å²) in [5.74, 6) is -0.533. The van der Waals surface area contributed by atoms with Crippen molar-refractivity contribution in [2.75, 3.05) is 7.11 Å². The molecular weight excluding hydrogens is 536 g/mol. The molecule has 3 aliphatic rings. The van der Waals surface area contributed by atoms with Gasteiger partial charge >= 0.3 is 0 Å². The summed E-state index contributed by atoms with van der Waals surface area (Å²) in [4.78, 5) is 22.9. The van der Waals surface area contributed by atoms with Crippen LogP contribution in [0, 0.1) is 35.0 Å². The van der Waals surface area contributed by atoms with E-state index in [0.717, 1.165) is 39.3 Å². The molecule has 1 fully saturated rings. The molecule has 0 bridgehead atoms. The molecule has 0 unspecified atom stereocenters. The van der Waals surface area contributed by atoms with Gasteiger partial charge in [-0.25, -0.2) is 4.90 Å². The van der Waals surface area contributed by atoms with Crippen molar-refractivity contribution >= 4 is 11.5 Å². The summed E-state index contributed by atoms with van der Waals surface area (Å²) in [7, 11) is 1.62.